The Morgan fingerprint density at radius 1 is 1.10 bits per heavy atom. The van der Waals surface area contributed by atoms with Gasteiger partial charge in [0.2, 0.25) is 0 Å². The first kappa shape index (κ1) is 12.2. The van der Waals surface area contributed by atoms with Gasteiger partial charge in [0.25, 0.3) is 0 Å². The largest absolute Gasteiger partial charge is 0.307 e. The summed E-state index contributed by atoms with van der Waals surface area (Å²) in [5.41, 5.74) is 1.42. The highest BCUT2D eigenvalue weighted by molar-refractivity contribution is 5.86. The fraction of sp³-hybridized carbons (Fsp3) is 0.368. The lowest BCUT2D eigenvalue weighted by Crippen LogP contribution is -2.48. The summed E-state index contributed by atoms with van der Waals surface area (Å²) < 4.78 is 0. The SMILES string of the molecule is CC(NC1CC2CC=CC21)c1cccc2ccccc12. The van der Waals surface area contributed by atoms with E-state index in [-0.39, 0.29) is 0 Å². The third-order valence-corrected chi connectivity index (χ3v) is 5.12. The van der Waals surface area contributed by atoms with Crippen LogP contribution in [0.15, 0.2) is 54.6 Å². The predicted molar refractivity (Wildman–Crippen MR) is 84.6 cm³/mol. The molecule has 0 saturated heterocycles. The number of benzene rings is 2. The highest BCUT2D eigenvalue weighted by Crippen LogP contribution is 2.43. The maximum Gasteiger partial charge on any atom is 0.0300 e. The summed E-state index contributed by atoms with van der Waals surface area (Å²) in [6.45, 7) is 2.30. The summed E-state index contributed by atoms with van der Waals surface area (Å²) in [6.07, 6.45) is 7.42. The van der Waals surface area contributed by atoms with Gasteiger partial charge in [0.05, 0.1) is 0 Å². The van der Waals surface area contributed by atoms with E-state index >= 15 is 0 Å². The van der Waals surface area contributed by atoms with Gasteiger partial charge in [-0.25, -0.2) is 0 Å². The van der Waals surface area contributed by atoms with Gasteiger partial charge in [-0.2, -0.15) is 0 Å². The first-order valence-corrected chi connectivity index (χ1v) is 7.73. The lowest BCUT2D eigenvalue weighted by molar-refractivity contribution is 0.152. The number of hydrogen-bond donors (Lipinski definition) is 1. The molecule has 0 aliphatic heterocycles. The molecular formula is C19H21N. The average Bonchev–Trinajstić information content (AvgIpc) is 2.85. The van der Waals surface area contributed by atoms with E-state index in [1.807, 2.05) is 0 Å². The van der Waals surface area contributed by atoms with Crippen LogP contribution in [0.25, 0.3) is 10.8 Å². The maximum absolute atomic E-state index is 3.84. The molecule has 4 unspecified atom stereocenters. The minimum Gasteiger partial charge on any atom is -0.307 e. The van der Waals surface area contributed by atoms with Gasteiger partial charge in [-0.3, -0.25) is 0 Å². The molecule has 1 heteroatoms. The summed E-state index contributed by atoms with van der Waals surface area (Å²) in [4.78, 5) is 0. The molecule has 0 spiro atoms. The van der Waals surface area contributed by atoms with E-state index in [9.17, 15) is 0 Å². The van der Waals surface area contributed by atoms with Gasteiger partial charge in [-0.15, -0.1) is 0 Å². The standard InChI is InChI=1S/C19H21N/c1-13(20-19-12-15-8-5-11-18(15)19)16-10-4-7-14-6-2-3-9-17(14)16/h2-7,9-11,13,15,18-20H,8,12H2,1H3. The van der Waals surface area contributed by atoms with E-state index in [0.717, 1.165) is 11.8 Å². The Kier molecular flexibility index (Phi) is 2.89. The van der Waals surface area contributed by atoms with Gasteiger partial charge in [-0.1, -0.05) is 54.6 Å². The highest BCUT2D eigenvalue weighted by Gasteiger charge is 2.41. The molecule has 20 heavy (non-hydrogen) atoms. The zero-order valence-electron chi connectivity index (χ0n) is 11.9. The van der Waals surface area contributed by atoms with Crippen LogP contribution in [0, 0.1) is 11.8 Å². The molecule has 1 saturated carbocycles. The monoisotopic (exact) mass is 263 g/mol. The number of rotatable bonds is 3. The lowest BCUT2D eigenvalue weighted by Gasteiger charge is -2.42. The summed E-state index contributed by atoms with van der Waals surface area (Å²) in [5.74, 6) is 1.71. The second-order valence-corrected chi connectivity index (χ2v) is 6.30. The molecule has 102 valence electrons. The molecule has 0 amide bonds. The molecular weight excluding hydrogens is 242 g/mol. The van der Waals surface area contributed by atoms with Crippen LogP contribution in [0.1, 0.15) is 31.4 Å². The van der Waals surface area contributed by atoms with Gasteiger partial charge in [0, 0.05) is 12.1 Å². The average molecular weight is 263 g/mol. The summed E-state index contributed by atoms with van der Waals surface area (Å²) in [5, 5.41) is 6.57. The van der Waals surface area contributed by atoms with Crippen LogP contribution in [-0.2, 0) is 0 Å². The van der Waals surface area contributed by atoms with Crippen LogP contribution >= 0.6 is 0 Å². The smallest absolute Gasteiger partial charge is 0.0300 e. The second kappa shape index (κ2) is 4.75. The number of nitrogens with one attached hydrogen (secondary N) is 1. The molecule has 0 bridgehead atoms. The Morgan fingerprint density at radius 2 is 1.95 bits per heavy atom. The van der Waals surface area contributed by atoms with Gasteiger partial charge in [-0.05, 0) is 47.9 Å². The van der Waals surface area contributed by atoms with E-state index in [2.05, 4.69) is 66.9 Å². The molecule has 0 heterocycles. The molecule has 2 aliphatic rings. The minimum atomic E-state index is 0.418. The third kappa shape index (κ3) is 1.89. The Labute approximate surface area is 120 Å². The first-order valence-electron chi connectivity index (χ1n) is 7.73. The van der Waals surface area contributed by atoms with Gasteiger partial charge in [0.1, 0.15) is 0 Å². The van der Waals surface area contributed by atoms with Crippen molar-refractivity contribution in [1.82, 2.24) is 5.32 Å². The van der Waals surface area contributed by atoms with Gasteiger partial charge in [0.15, 0.2) is 0 Å². The van der Waals surface area contributed by atoms with Crippen molar-refractivity contribution in [2.45, 2.75) is 31.8 Å². The van der Waals surface area contributed by atoms with E-state index in [0.29, 0.717) is 12.1 Å². The quantitative estimate of drug-likeness (QED) is 0.806. The van der Waals surface area contributed by atoms with E-state index in [4.69, 9.17) is 0 Å². The van der Waals surface area contributed by atoms with Crippen LogP contribution in [0.4, 0.5) is 0 Å². The topological polar surface area (TPSA) is 12.0 Å². The molecule has 4 atom stereocenters. The number of allylic oxidation sites excluding steroid dienone is 1. The minimum absolute atomic E-state index is 0.418. The van der Waals surface area contributed by atoms with Gasteiger partial charge >= 0.3 is 0 Å². The van der Waals surface area contributed by atoms with Crippen molar-refractivity contribution in [1.29, 1.82) is 0 Å². The van der Waals surface area contributed by atoms with Crippen LogP contribution in [-0.4, -0.2) is 6.04 Å². The highest BCUT2D eigenvalue weighted by atomic mass is 15.0. The number of fused-ring (bicyclic) bond motifs is 2. The van der Waals surface area contributed by atoms with Crippen molar-refractivity contribution < 1.29 is 0 Å². The molecule has 0 radical (unpaired) electrons. The third-order valence-electron chi connectivity index (χ3n) is 5.12. The Hall–Kier alpha value is -1.60. The second-order valence-electron chi connectivity index (χ2n) is 6.30. The number of hydrogen-bond acceptors (Lipinski definition) is 1. The van der Waals surface area contributed by atoms with Gasteiger partial charge < -0.3 is 5.32 Å². The normalized spacial score (nSPS) is 29.1. The van der Waals surface area contributed by atoms with Crippen LogP contribution in [0.3, 0.4) is 0 Å². The summed E-state index contributed by atoms with van der Waals surface area (Å²) >= 11 is 0. The molecule has 0 aromatic heterocycles. The van der Waals surface area contributed by atoms with Crippen molar-refractivity contribution in [3.63, 3.8) is 0 Å². The molecule has 1 nitrogen and oxygen atoms in total. The summed E-state index contributed by atoms with van der Waals surface area (Å²) in [7, 11) is 0. The zero-order chi connectivity index (χ0) is 13.5. The lowest BCUT2D eigenvalue weighted by atomic mass is 9.71. The predicted octanol–water partition coefficient (Wildman–Crippen LogP) is 4.46. The van der Waals surface area contributed by atoms with Crippen molar-refractivity contribution in [3.8, 4) is 0 Å². The molecule has 2 aromatic carbocycles. The molecule has 4 rings (SSSR count). The van der Waals surface area contributed by atoms with Crippen molar-refractivity contribution in [2.24, 2.45) is 11.8 Å². The maximum atomic E-state index is 3.84. The van der Waals surface area contributed by atoms with Crippen molar-refractivity contribution >= 4 is 10.8 Å². The molecule has 2 aliphatic carbocycles. The van der Waals surface area contributed by atoms with E-state index in [1.54, 1.807) is 0 Å². The molecule has 1 fully saturated rings. The first-order chi connectivity index (χ1) is 9.83. The van der Waals surface area contributed by atoms with Crippen LogP contribution in [0.2, 0.25) is 0 Å². The molecule has 2 aromatic rings. The fourth-order valence-electron chi connectivity index (χ4n) is 3.95. The fourth-order valence-corrected chi connectivity index (χ4v) is 3.95. The van der Waals surface area contributed by atoms with Crippen molar-refractivity contribution in [2.75, 3.05) is 0 Å². The van der Waals surface area contributed by atoms with E-state index < -0.39 is 0 Å². The van der Waals surface area contributed by atoms with Crippen LogP contribution < -0.4 is 5.32 Å². The van der Waals surface area contributed by atoms with Crippen LogP contribution in [0.5, 0.6) is 0 Å². The summed E-state index contributed by atoms with van der Waals surface area (Å²) in [6, 6.07) is 16.4. The Bertz CT molecular complexity index is 652. The Balaban J connectivity index is 1.58. The van der Waals surface area contributed by atoms with E-state index in [1.165, 1.54) is 29.2 Å². The Morgan fingerprint density at radius 3 is 2.85 bits per heavy atom. The zero-order valence-corrected chi connectivity index (χ0v) is 11.9. The van der Waals surface area contributed by atoms with Crippen molar-refractivity contribution in [3.05, 3.63) is 60.2 Å². The molecule has 1 N–H and O–H groups in total.